The van der Waals surface area contributed by atoms with E-state index in [1.54, 1.807) is 12.1 Å². The van der Waals surface area contributed by atoms with E-state index in [-0.39, 0.29) is 11.7 Å². The second-order valence-corrected chi connectivity index (χ2v) is 8.42. The third-order valence-corrected chi connectivity index (χ3v) is 6.42. The monoisotopic (exact) mass is 406 g/mol. The highest BCUT2D eigenvalue weighted by Crippen LogP contribution is 2.37. The maximum absolute atomic E-state index is 13.9. The molecule has 1 aromatic heterocycles. The summed E-state index contributed by atoms with van der Waals surface area (Å²) in [7, 11) is 1.90. The number of rotatable bonds is 6. The molecule has 1 aliphatic carbocycles. The molecule has 1 unspecified atom stereocenters. The fourth-order valence-electron chi connectivity index (χ4n) is 3.38. The van der Waals surface area contributed by atoms with Gasteiger partial charge in [-0.15, -0.1) is 11.3 Å². The van der Waals surface area contributed by atoms with Crippen molar-refractivity contribution in [3.8, 4) is 6.07 Å². The summed E-state index contributed by atoms with van der Waals surface area (Å²) in [6.45, 7) is 0.957. The average Bonchev–Trinajstić information content (AvgIpc) is 3.00. The number of nitrogens with one attached hydrogen (secondary N) is 2. The number of anilines is 1. The van der Waals surface area contributed by atoms with Crippen molar-refractivity contribution < 1.29 is 14.1 Å². The van der Waals surface area contributed by atoms with E-state index >= 15 is 0 Å². The van der Waals surface area contributed by atoms with Gasteiger partial charge < -0.3 is 10.2 Å². The molecule has 2 aromatic rings. The third-order valence-electron chi connectivity index (χ3n) is 4.86. The molecule has 1 aromatic carbocycles. The summed E-state index contributed by atoms with van der Waals surface area (Å²) >= 11 is 7.59. The van der Waals surface area contributed by atoms with Crippen LogP contribution in [-0.4, -0.2) is 19.5 Å². The van der Waals surface area contributed by atoms with Gasteiger partial charge in [-0.3, -0.25) is 4.79 Å². The van der Waals surface area contributed by atoms with Crippen molar-refractivity contribution in [2.45, 2.75) is 38.6 Å². The van der Waals surface area contributed by atoms with Gasteiger partial charge in [-0.05, 0) is 43.4 Å². The lowest BCUT2D eigenvalue weighted by Crippen LogP contribution is -3.07. The Bertz CT molecular complexity index is 870. The number of amides is 1. The lowest BCUT2D eigenvalue weighted by atomic mass is 9.96. The molecule has 0 saturated carbocycles. The molecule has 1 heterocycles. The van der Waals surface area contributed by atoms with Gasteiger partial charge in [0.05, 0.1) is 36.2 Å². The van der Waals surface area contributed by atoms with Crippen molar-refractivity contribution >= 4 is 33.8 Å². The lowest BCUT2D eigenvalue weighted by molar-refractivity contribution is -0.893. The Morgan fingerprint density at radius 1 is 1.41 bits per heavy atom. The number of fused-ring (bicyclic) bond motifs is 1. The number of carbonyl (C=O) groups excluding carboxylic acids is 1. The van der Waals surface area contributed by atoms with Crippen molar-refractivity contribution in [2.75, 3.05) is 18.9 Å². The van der Waals surface area contributed by atoms with E-state index in [9.17, 15) is 14.4 Å². The Balaban J connectivity index is 1.57. The summed E-state index contributed by atoms with van der Waals surface area (Å²) in [5.74, 6) is -0.446. The third kappa shape index (κ3) is 4.67. The number of hydrogen-bond acceptors (Lipinski definition) is 3. The molecular formula is C20H22ClFN3OS+. The molecular weight excluding hydrogens is 385 g/mol. The molecule has 1 aliphatic rings. The molecule has 1 amide bonds. The van der Waals surface area contributed by atoms with Gasteiger partial charge in [-0.25, -0.2) is 4.39 Å². The number of nitrogens with zero attached hydrogens (tertiary/aromatic N) is 1. The predicted molar refractivity (Wildman–Crippen MR) is 106 cm³/mol. The SMILES string of the molecule is C[NH+](CCC(=O)Nc1sc2c(c1C#N)CCCC2)Cc1c(F)cccc1Cl. The molecule has 2 N–H and O–H groups in total. The van der Waals surface area contributed by atoms with Crippen LogP contribution in [0.5, 0.6) is 0 Å². The summed E-state index contributed by atoms with van der Waals surface area (Å²) < 4.78 is 13.9. The first kappa shape index (κ1) is 19.8. The Labute approximate surface area is 167 Å². The molecule has 27 heavy (non-hydrogen) atoms. The Kier molecular flexibility index (Phi) is 6.48. The highest BCUT2D eigenvalue weighted by atomic mass is 35.5. The maximum Gasteiger partial charge on any atom is 0.230 e. The lowest BCUT2D eigenvalue weighted by Gasteiger charge is -2.15. The number of benzene rings is 1. The van der Waals surface area contributed by atoms with Crippen LogP contribution in [0, 0.1) is 17.1 Å². The second kappa shape index (κ2) is 8.83. The number of aryl methyl sites for hydroxylation is 1. The molecule has 0 saturated heterocycles. The van der Waals surface area contributed by atoms with Crippen LogP contribution in [0.25, 0.3) is 0 Å². The van der Waals surface area contributed by atoms with Crippen molar-refractivity contribution in [3.05, 3.63) is 50.6 Å². The minimum absolute atomic E-state index is 0.121. The van der Waals surface area contributed by atoms with Crippen molar-refractivity contribution in [3.63, 3.8) is 0 Å². The van der Waals surface area contributed by atoms with Crippen LogP contribution in [0.3, 0.4) is 0 Å². The van der Waals surface area contributed by atoms with Crippen LogP contribution in [0.15, 0.2) is 18.2 Å². The predicted octanol–water partition coefficient (Wildman–Crippen LogP) is 3.33. The summed E-state index contributed by atoms with van der Waals surface area (Å²) in [4.78, 5) is 14.6. The maximum atomic E-state index is 13.9. The van der Waals surface area contributed by atoms with Crippen LogP contribution in [-0.2, 0) is 24.2 Å². The molecule has 0 spiro atoms. The van der Waals surface area contributed by atoms with Gasteiger partial charge in [-0.1, -0.05) is 17.7 Å². The minimum atomic E-state index is -0.325. The van der Waals surface area contributed by atoms with Crippen LogP contribution in [0.4, 0.5) is 9.39 Å². The topological polar surface area (TPSA) is 57.3 Å². The van der Waals surface area contributed by atoms with Gasteiger partial charge in [0, 0.05) is 4.88 Å². The normalized spacial score (nSPS) is 14.3. The van der Waals surface area contributed by atoms with E-state index in [4.69, 9.17) is 11.6 Å². The van der Waals surface area contributed by atoms with Crippen LogP contribution >= 0.6 is 22.9 Å². The highest BCUT2D eigenvalue weighted by molar-refractivity contribution is 7.16. The molecule has 0 radical (unpaired) electrons. The Morgan fingerprint density at radius 2 is 2.19 bits per heavy atom. The summed E-state index contributed by atoms with van der Waals surface area (Å²) in [6.07, 6.45) is 4.43. The van der Waals surface area contributed by atoms with Crippen LogP contribution in [0.1, 0.15) is 40.8 Å². The van der Waals surface area contributed by atoms with Gasteiger partial charge in [0.2, 0.25) is 5.91 Å². The van der Waals surface area contributed by atoms with Gasteiger partial charge in [-0.2, -0.15) is 5.26 Å². The fourth-order valence-corrected chi connectivity index (χ4v) is 4.87. The first-order valence-electron chi connectivity index (χ1n) is 9.08. The molecule has 7 heteroatoms. The number of halogens is 2. The summed E-state index contributed by atoms with van der Waals surface area (Å²) in [6, 6.07) is 6.89. The molecule has 1 atom stereocenters. The quantitative estimate of drug-likeness (QED) is 0.773. The zero-order chi connectivity index (χ0) is 19.4. The number of thiophene rings is 1. The van der Waals surface area contributed by atoms with E-state index in [1.807, 2.05) is 7.05 Å². The second-order valence-electron chi connectivity index (χ2n) is 6.91. The molecule has 3 rings (SSSR count). The Morgan fingerprint density at radius 3 is 2.93 bits per heavy atom. The number of hydrogen-bond donors (Lipinski definition) is 2. The van der Waals surface area contributed by atoms with E-state index in [0.717, 1.165) is 36.1 Å². The average molecular weight is 407 g/mol. The van der Waals surface area contributed by atoms with Gasteiger partial charge in [0.1, 0.15) is 23.4 Å². The van der Waals surface area contributed by atoms with Crippen LogP contribution in [0.2, 0.25) is 5.02 Å². The smallest absolute Gasteiger partial charge is 0.230 e. The highest BCUT2D eigenvalue weighted by Gasteiger charge is 2.22. The van der Waals surface area contributed by atoms with E-state index in [1.165, 1.54) is 22.3 Å². The van der Waals surface area contributed by atoms with Gasteiger partial charge in [0.25, 0.3) is 0 Å². The molecule has 4 nitrogen and oxygen atoms in total. The Hall–Kier alpha value is -1.94. The first-order valence-corrected chi connectivity index (χ1v) is 10.3. The standard InChI is InChI=1S/C20H21ClFN3OS/c1-25(12-15-16(21)6-4-7-17(15)22)10-9-19(26)24-20-14(11-23)13-5-2-3-8-18(13)27-20/h4,6-7H,2-3,5,8-10,12H2,1H3,(H,24,26)/p+1. The number of nitriles is 1. The fraction of sp³-hybridized carbons (Fsp3) is 0.400. The first-order chi connectivity index (χ1) is 13.0. The van der Waals surface area contributed by atoms with E-state index in [2.05, 4.69) is 11.4 Å². The molecule has 142 valence electrons. The van der Waals surface area contributed by atoms with E-state index in [0.29, 0.717) is 40.7 Å². The zero-order valence-corrected chi connectivity index (χ0v) is 16.8. The molecule has 0 fully saturated rings. The molecule has 0 bridgehead atoms. The largest absolute Gasteiger partial charge is 0.333 e. The molecule has 0 aliphatic heterocycles. The van der Waals surface area contributed by atoms with Crippen molar-refractivity contribution in [1.82, 2.24) is 0 Å². The summed E-state index contributed by atoms with van der Waals surface area (Å²) in [5, 5.41) is 13.4. The number of carbonyl (C=O) groups is 1. The minimum Gasteiger partial charge on any atom is -0.333 e. The number of quaternary nitrogens is 1. The van der Waals surface area contributed by atoms with Crippen LogP contribution < -0.4 is 10.2 Å². The van der Waals surface area contributed by atoms with E-state index < -0.39 is 0 Å². The zero-order valence-electron chi connectivity index (χ0n) is 15.2. The van der Waals surface area contributed by atoms with Gasteiger partial charge in [0.15, 0.2) is 0 Å². The van der Waals surface area contributed by atoms with Gasteiger partial charge >= 0.3 is 0 Å². The van der Waals surface area contributed by atoms with Crippen molar-refractivity contribution in [1.29, 1.82) is 5.26 Å². The van der Waals surface area contributed by atoms with Crippen molar-refractivity contribution in [2.24, 2.45) is 0 Å². The summed E-state index contributed by atoms with van der Waals surface area (Å²) in [5.41, 5.74) is 2.21.